The number of amides is 5. The van der Waals surface area contributed by atoms with E-state index in [1.165, 1.54) is 5.69 Å². The number of hydrogen-bond donors (Lipinski definition) is 1. The average Bonchev–Trinajstić information content (AvgIpc) is 3.05. The van der Waals surface area contributed by atoms with Crippen LogP contribution in [0, 0.1) is 0 Å². The second-order valence-corrected chi connectivity index (χ2v) is 8.13. The van der Waals surface area contributed by atoms with Gasteiger partial charge in [0.25, 0.3) is 11.8 Å². The Hall–Kier alpha value is -3.72. The molecule has 5 rings (SSSR count). The SMILES string of the molecule is O=C1CCN(N2C(=O)c3ccc(CN4CCN(c5ccccc5)CC4)cc3C2=O)C(=O)N1. The molecular formula is C23H23N5O4. The minimum atomic E-state index is -0.757. The number of hydrazine groups is 1. The highest BCUT2D eigenvalue weighted by Crippen LogP contribution is 2.27. The molecule has 0 radical (unpaired) electrons. The molecule has 3 heterocycles. The van der Waals surface area contributed by atoms with Crippen molar-refractivity contribution >= 4 is 29.4 Å². The number of carbonyl (C=O) groups excluding carboxylic acids is 4. The Kier molecular flexibility index (Phi) is 5.10. The van der Waals surface area contributed by atoms with Gasteiger partial charge < -0.3 is 4.90 Å². The van der Waals surface area contributed by atoms with Crippen LogP contribution in [0.4, 0.5) is 10.5 Å². The number of anilines is 1. The summed E-state index contributed by atoms with van der Waals surface area (Å²) in [5.41, 5.74) is 2.73. The Morgan fingerprint density at radius 2 is 1.50 bits per heavy atom. The van der Waals surface area contributed by atoms with E-state index < -0.39 is 23.8 Å². The van der Waals surface area contributed by atoms with Gasteiger partial charge in [0, 0.05) is 44.8 Å². The topological polar surface area (TPSA) is 93.3 Å². The van der Waals surface area contributed by atoms with Gasteiger partial charge in [-0.3, -0.25) is 24.6 Å². The molecule has 2 aromatic carbocycles. The van der Waals surface area contributed by atoms with Crippen LogP contribution in [0.5, 0.6) is 0 Å². The van der Waals surface area contributed by atoms with Crippen LogP contribution in [0.3, 0.4) is 0 Å². The van der Waals surface area contributed by atoms with Gasteiger partial charge >= 0.3 is 6.03 Å². The predicted octanol–water partition coefficient (Wildman–Crippen LogP) is 1.46. The number of nitrogens with one attached hydrogen (secondary N) is 1. The lowest BCUT2D eigenvalue weighted by molar-refractivity contribution is -0.122. The Labute approximate surface area is 185 Å². The summed E-state index contributed by atoms with van der Waals surface area (Å²) in [6, 6.07) is 14.8. The van der Waals surface area contributed by atoms with Crippen LogP contribution in [0.15, 0.2) is 48.5 Å². The number of carbonyl (C=O) groups is 4. The number of nitrogens with zero attached hydrogens (tertiary/aromatic N) is 4. The van der Waals surface area contributed by atoms with Gasteiger partial charge in [0.15, 0.2) is 0 Å². The molecule has 0 spiro atoms. The quantitative estimate of drug-likeness (QED) is 0.734. The normalized spacial score (nSPS) is 19.4. The average molecular weight is 433 g/mol. The highest BCUT2D eigenvalue weighted by molar-refractivity contribution is 6.22. The van der Waals surface area contributed by atoms with Gasteiger partial charge in [0.05, 0.1) is 17.7 Å². The van der Waals surface area contributed by atoms with E-state index >= 15 is 0 Å². The summed E-state index contributed by atoms with van der Waals surface area (Å²) >= 11 is 0. The molecule has 5 amide bonds. The third-order valence-corrected chi connectivity index (χ3v) is 6.10. The van der Waals surface area contributed by atoms with Crippen LogP contribution in [0.2, 0.25) is 0 Å². The molecule has 2 aromatic rings. The molecule has 2 fully saturated rings. The zero-order chi connectivity index (χ0) is 22.2. The van der Waals surface area contributed by atoms with E-state index in [9.17, 15) is 19.2 Å². The minimum absolute atomic E-state index is 0.00527. The van der Waals surface area contributed by atoms with Gasteiger partial charge in [-0.25, -0.2) is 9.80 Å². The summed E-state index contributed by atoms with van der Waals surface area (Å²) in [6.07, 6.45) is 0.0410. The molecule has 0 saturated carbocycles. The number of rotatable bonds is 4. The maximum Gasteiger partial charge on any atom is 0.343 e. The van der Waals surface area contributed by atoms with Crippen molar-refractivity contribution in [3.63, 3.8) is 0 Å². The van der Waals surface area contributed by atoms with Crippen LogP contribution in [-0.2, 0) is 11.3 Å². The first kappa shape index (κ1) is 20.2. The lowest BCUT2D eigenvalue weighted by Gasteiger charge is -2.36. The number of piperazine rings is 1. The third kappa shape index (κ3) is 3.60. The van der Waals surface area contributed by atoms with Crippen molar-refractivity contribution in [2.24, 2.45) is 0 Å². The first-order chi connectivity index (χ1) is 15.5. The highest BCUT2D eigenvalue weighted by atomic mass is 16.2. The number of urea groups is 1. The van der Waals surface area contributed by atoms with Crippen molar-refractivity contribution < 1.29 is 19.2 Å². The van der Waals surface area contributed by atoms with Crippen LogP contribution in [0.25, 0.3) is 0 Å². The van der Waals surface area contributed by atoms with E-state index in [-0.39, 0.29) is 18.5 Å². The minimum Gasteiger partial charge on any atom is -0.369 e. The van der Waals surface area contributed by atoms with E-state index in [1.807, 2.05) is 24.3 Å². The number of imide groups is 2. The molecule has 0 aromatic heterocycles. The van der Waals surface area contributed by atoms with E-state index in [0.717, 1.165) is 41.8 Å². The van der Waals surface area contributed by atoms with Gasteiger partial charge in [-0.05, 0) is 29.8 Å². The standard InChI is InChI=1S/C23H23N5O4/c29-20-8-9-27(23(32)24-20)28-21(30)18-7-6-16(14-19(18)22(28)31)15-25-10-12-26(13-11-25)17-4-2-1-3-5-17/h1-7,14H,8-13,15H2,(H,24,29,32). The van der Waals surface area contributed by atoms with Crippen LogP contribution < -0.4 is 10.2 Å². The molecule has 1 N–H and O–H groups in total. The molecular weight excluding hydrogens is 410 g/mol. The number of hydrogen-bond acceptors (Lipinski definition) is 6. The predicted molar refractivity (Wildman–Crippen MR) is 116 cm³/mol. The van der Waals surface area contributed by atoms with E-state index in [4.69, 9.17) is 0 Å². The van der Waals surface area contributed by atoms with Crippen LogP contribution in [-0.4, -0.2) is 71.4 Å². The summed E-state index contributed by atoms with van der Waals surface area (Å²) in [5.74, 6) is -1.50. The Balaban J connectivity index is 1.26. The second-order valence-electron chi connectivity index (χ2n) is 8.13. The first-order valence-corrected chi connectivity index (χ1v) is 10.7. The molecule has 9 heteroatoms. The van der Waals surface area contributed by atoms with E-state index in [0.29, 0.717) is 12.1 Å². The zero-order valence-corrected chi connectivity index (χ0v) is 17.5. The van der Waals surface area contributed by atoms with Crippen molar-refractivity contribution in [1.82, 2.24) is 20.2 Å². The summed E-state index contributed by atoms with van der Waals surface area (Å²) in [5, 5.41) is 4.00. The molecule has 0 unspecified atom stereocenters. The number of para-hydroxylation sites is 1. The molecule has 0 bridgehead atoms. The van der Waals surface area contributed by atoms with Crippen molar-refractivity contribution in [1.29, 1.82) is 0 Å². The van der Waals surface area contributed by atoms with Gasteiger partial charge in [-0.1, -0.05) is 24.3 Å². The zero-order valence-electron chi connectivity index (χ0n) is 17.5. The summed E-state index contributed by atoms with van der Waals surface area (Å²) in [4.78, 5) is 53.9. The Bertz CT molecular complexity index is 1090. The maximum atomic E-state index is 13.0. The van der Waals surface area contributed by atoms with Gasteiger partial charge in [-0.15, -0.1) is 0 Å². The molecule has 2 saturated heterocycles. The molecule has 9 nitrogen and oxygen atoms in total. The largest absolute Gasteiger partial charge is 0.369 e. The Morgan fingerprint density at radius 1 is 0.781 bits per heavy atom. The fraction of sp³-hybridized carbons (Fsp3) is 0.304. The van der Waals surface area contributed by atoms with E-state index in [2.05, 4.69) is 27.2 Å². The summed E-state index contributed by atoms with van der Waals surface area (Å²) < 4.78 is 0. The number of benzene rings is 2. The second kappa shape index (κ2) is 8.08. The summed E-state index contributed by atoms with van der Waals surface area (Å²) in [7, 11) is 0. The molecule has 3 aliphatic heterocycles. The van der Waals surface area contributed by atoms with Crippen molar-refractivity contribution in [3.8, 4) is 0 Å². The molecule has 32 heavy (non-hydrogen) atoms. The van der Waals surface area contributed by atoms with Gasteiger partial charge in [-0.2, -0.15) is 5.01 Å². The fourth-order valence-electron chi connectivity index (χ4n) is 4.40. The van der Waals surface area contributed by atoms with Crippen molar-refractivity contribution in [3.05, 3.63) is 65.2 Å². The van der Waals surface area contributed by atoms with Gasteiger partial charge in [0.2, 0.25) is 5.91 Å². The molecule has 0 atom stereocenters. The first-order valence-electron chi connectivity index (χ1n) is 10.7. The Morgan fingerprint density at radius 3 is 2.22 bits per heavy atom. The lowest BCUT2D eigenvalue weighted by Crippen LogP contribution is -2.58. The molecule has 3 aliphatic rings. The third-order valence-electron chi connectivity index (χ3n) is 6.10. The molecule has 0 aliphatic carbocycles. The maximum absolute atomic E-state index is 13.0. The lowest BCUT2D eigenvalue weighted by atomic mass is 10.1. The van der Waals surface area contributed by atoms with Crippen molar-refractivity contribution in [2.75, 3.05) is 37.6 Å². The molecule has 164 valence electrons. The van der Waals surface area contributed by atoms with Crippen LogP contribution >= 0.6 is 0 Å². The monoisotopic (exact) mass is 433 g/mol. The highest BCUT2D eigenvalue weighted by Gasteiger charge is 2.43. The van der Waals surface area contributed by atoms with Gasteiger partial charge in [0.1, 0.15) is 0 Å². The number of fused-ring (bicyclic) bond motifs is 1. The smallest absolute Gasteiger partial charge is 0.343 e. The summed E-state index contributed by atoms with van der Waals surface area (Å²) in [6.45, 7) is 4.30. The fourth-order valence-corrected chi connectivity index (χ4v) is 4.40. The van der Waals surface area contributed by atoms with Crippen molar-refractivity contribution in [2.45, 2.75) is 13.0 Å². The van der Waals surface area contributed by atoms with E-state index in [1.54, 1.807) is 12.1 Å². The van der Waals surface area contributed by atoms with Crippen LogP contribution in [0.1, 0.15) is 32.7 Å².